The molecule has 122 valence electrons. The molecule has 2 rings (SSSR count). The number of hydrogen-bond donors (Lipinski definition) is 1. The number of nitrogens with zero attached hydrogens (tertiary/aromatic N) is 1. The summed E-state index contributed by atoms with van der Waals surface area (Å²) in [7, 11) is 3.29. The van der Waals surface area contributed by atoms with Gasteiger partial charge < -0.3 is 19.7 Å². The lowest BCUT2D eigenvalue weighted by molar-refractivity contribution is -0.129. The number of hydrogen-bond acceptors (Lipinski definition) is 5. The summed E-state index contributed by atoms with van der Waals surface area (Å²) >= 11 is 1.65. The van der Waals surface area contributed by atoms with Gasteiger partial charge in [-0.2, -0.15) is 0 Å². The van der Waals surface area contributed by atoms with E-state index in [1.807, 2.05) is 30.0 Å². The van der Waals surface area contributed by atoms with Crippen molar-refractivity contribution in [2.24, 2.45) is 0 Å². The van der Waals surface area contributed by atoms with Gasteiger partial charge in [0.15, 0.2) is 0 Å². The van der Waals surface area contributed by atoms with Crippen molar-refractivity contribution in [1.82, 2.24) is 10.2 Å². The van der Waals surface area contributed by atoms with Gasteiger partial charge in [0, 0.05) is 18.7 Å². The lowest BCUT2D eigenvalue weighted by atomic mass is 10.1. The van der Waals surface area contributed by atoms with Crippen LogP contribution in [-0.4, -0.2) is 49.9 Å². The molecule has 1 aliphatic heterocycles. The minimum atomic E-state index is -0.0393. The molecule has 5 nitrogen and oxygen atoms in total. The highest BCUT2D eigenvalue weighted by molar-refractivity contribution is 8.01. The molecule has 0 spiro atoms. The predicted octanol–water partition coefficient (Wildman–Crippen LogP) is 2.28. The molecule has 6 heteroatoms. The monoisotopic (exact) mass is 324 g/mol. The third kappa shape index (κ3) is 3.50. The molecule has 1 aromatic rings. The molecule has 1 aromatic carbocycles. The summed E-state index contributed by atoms with van der Waals surface area (Å²) in [6, 6.07) is 5.73. The quantitative estimate of drug-likeness (QED) is 0.780. The topological polar surface area (TPSA) is 50.8 Å². The Morgan fingerprint density at radius 3 is 2.73 bits per heavy atom. The summed E-state index contributed by atoms with van der Waals surface area (Å²) in [6.07, 6.45) is 0. The fourth-order valence-electron chi connectivity index (χ4n) is 2.55. The zero-order chi connectivity index (χ0) is 16.1. The Balaban J connectivity index is 2.29. The number of rotatable bonds is 7. The molecule has 1 N–H and O–H groups in total. The van der Waals surface area contributed by atoms with Crippen LogP contribution in [0.4, 0.5) is 0 Å². The van der Waals surface area contributed by atoms with E-state index in [1.54, 1.807) is 26.0 Å². The Bertz CT molecular complexity index is 524. The van der Waals surface area contributed by atoms with Crippen molar-refractivity contribution >= 4 is 17.7 Å². The van der Waals surface area contributed by atoms with Crippen LogP contribution in [0.25, 0.3) is 0 Å². The van der Waals surface area contributed by atoms with Gasteiger partial charge in [-0.3, -0.25) is 4.79 Å². The standard InChI is InChI=1S/C16H24N2O3S/c1-5-17-8-9-18-15(19)11(2)22-16(18)13-10-12(20-3)6-7-14(13)21-4/h6-7,10-11,16-17H,5,8-9H2,1-4H3/t11-,16-/m1/s1. The van der Waals surface area contributed by atoms with Crippen molar-refractivity contribution in [3.05, 3.63) is 23.8 Å². The number of nitrogens with one attached hydrogen (secondary N) is 1. The summed E-state index contributed by atoms with van der Waals surface area (Å²) in [5, 5.41) is 3.20. The van der Waals surface area contributed by atoms with Gasteiger partial charge in [-0.15, -0.1) is 11.8 Å². The molecular weight excluding hydrogens is 300 g/mol. The number of likely N-dealkylation sites (N-methyl/N-ethyl adjacent to an activating group) is 1. The second kappa shape index (κ2) is 7.74. The van der Waals surface area contributed by atoms with Gasteiger partial charge >= 0.3 is 0 Å². The van der Waals surface area contributed by atoms with E-state index in [-0.39, 0.29) is 16.5 Å². The normalized spacial score (nSPS) is 21.3. The molecular formula is C16H24N2O3S. The SMILES string of the molecule is CCNCCN1C(=O)[C@@H](C)S[C@@H]1c1cc(OC)ccc1OC. The summed E-state index contributed by atoms with van der Waals surface area (Å²) in [5.74, 6) is 1.74. The predicted molar refractivity (Wildman–Crippen MR) is 89.6 cm³/mol. The summed E-state index contributed by atoms with van der Waals surface area (Å²) < 4.78 is 10.8. The van der Waals surface area contributed by atoms with Gasteiger partial charge in [0.1, 0.15) is 16.9 Å². The van der Waals surface area contributed by atoms with Crippen molar-refractivity contribution in [1.29, 1.82) is 0 Å². The first-order valence-electron chi connectivity index (χ1n) is 7.51. The van der Waals surface area contributed by atoms with E-state index < -0.39 is 0 Å². The van der Waals surface area contributed by atoms with Crippen LogP contribution in [0.3, 0.4) is 0 Å². The lowest BCUT2D eigenvalue weighted by Gasteiger charge is -2.25. The van der Waals surface area contributed by atoms with Crippen molar-refractivity contribution in [2.75, 3.05) is 33.9 Å². The van der Waals surface area contributed by atoms with Crippen LogP contribution < -0.4 is 14.8 Å². The van der Waals surface area contributed by atoms with Gasteiger partial charge in [0.05, 0.1) is 19.5 Å². The number of amides is 1. The molecule has 1 fully saturated rings. The van der Waals surface area contributed by atoms with E-state index in [2.05, 4.69) is 12.2 Å². The Hall–Kier alpha value is -1.40. The van der Waals surface area contributed by atoms with E-state index in [1.165, 1.54) is 0 Å². The number of ether oxygens (including phenoxy) is 2. The molecule has 1 heterocycles. The molecule has 1 aliphatic rings. The molecule has 0 aromatic heterocycles. The maximum absolute atomic E-state index is 12.4. The minimum absolute atomic E-state index is 0.0359. The Labute approximate surface area is 136 Å². The highest BCUT2D eigenvalue weighted by Gasteiger charge is 2.39. The number of carbonyl (C=O) groups excluding carboxylic acids is 1. The van der Waals surface area contributed by atoms with Crippen molar-refractivity contribution in [3.8, 4) is 11.5 Å². The van der Waals surface area contributed by atoms with E-state index in [0.29, 0.717) is 6.54 Å². The van der Waals surface area contributed by atoms with Gasteiger partial charge in [-0.25, -0.2) is 0 Å². The number of thioether (sulfide) groups is 1. The molecule has 0 aliphatic carbocycles. The van der Waals surface area contributed by atoms with Gasteiger partial charge in [-0.05, 0) is 31.7 Å². The van der Waals surface area contributed by atoms with Crippen LogP contribution >= 0.6 is 11.8 Å². The van der Waals surface area contributed by atoms with Crippen LogP contribution in [0.1, 0.15) is 24.8 Å². The molecule has 0 unspecified atom stereocenters. The maximum atomic E-state index is 12.4. The molecule has 22 heavy (non-hydrogen) atoms. The zero-order valence-electron chi connectivity index (χ0n) is 13.6. The summed E-state index contributed by atoms with van der Waals surface area (Å²) in [4.78, 5) is 14.4. The second-order valence-corrected chi connectivity index (χ2v) is 6.55. The number of methoxy groups -OCH3 is 2. The highest BCUT2D eigenvalue weighted by atomic mass is 32.2. The van der Waals surface area contributed by atoms with Crippen molar-refractivity contribution in [3.63, 3.8) is 0 Å². The summed E-state index contributed by atoms with van der Waals surface area (Å²) in [5.41, 5.74) is 0.987. The first kappa shape index (κ1) is 17.0. The molecule has 0 bridgehead atoms. The first-order valence-corrected chi connectivity index (χ1v) is 8.45. The fraction of sp³-hybridized carbons (Fsp3) is 0.562. The number of benzene rings is 1. The smallest absolute Gasteiger partial charge is 0.236 e. The summed E-state index contributed by atoms with van der Waals surface area (Å²) in [6.45, 7) is 6.40. The van der Waals surface area contributed by atoms with E-state index in [0.717, 1.165) is 30.2 Å². The van der Waals surface area contributed by atoms with Crippen LogP contribution in [0, 0.1) is 0 Å². The Morgan fingerprint density at radius 1 is 1.32 bits per heavy atom. The third-order valence-corrected chi connectivity index (χ3v) is 5.11. The van der Waals surface area contributed by atoms with Crippen molar-refractivity contribution in [2.45, 2.75) is 24.5 Å². The van der Waals surface area contributed by atoms with Gasteiger partial charge in [-0.1, -0.05) is 6.92 Å². The van der Waals surface area contributed by atoms with Gasteiger partial charge in [0.2, 0.25) is 5.91 Å². The van der Waals surface area contributed by atoms with Crippen LogP contribution in [-0.2, 0) is 4.79 Å². The van der Waals surface area contributed by atoms with E-state index in [4.69, 9.17) is 9.47 Å². The zero-order valence-corrected chi connectivity index (χ0v) is 14.4. The van der Waals surface area contributed by atoms with Crippen LogP contribution in [0.2, 0.25) is 0 Å². The molecule has 0 radical (unpaired) electrons. The van der Waals surface area contributed by atoms with Crippen LogP contribution in [0.15, 0.2) is 18.2 Å². The Morgan fingerprint density at radius 2 is 2.09 bits per heavy atom. The van der Waals surface area contributed by atoms with Gasteiger partial charge in [0.25, 0.3) is 0 Å². The average Bonchev–Trinajstić information content (AvgIpc) is 2.82. The number of carbonyl (C=O) groups is 1. The first-order chi connectivity index (χ1) is 10.6. The molecule has 1 amide bonds. The average molecular weight is 324 g/mol. The Kier molecular flexibility index (Phi) is 5.97. The largest absolute Gasteiger partial charge is 0.497 e. The van der Waals surface area contributed by atoms with E-state index in [9.17, 15) is 4.79 Å². The minimum Gasteiger partial charge on any atom is -0.497 e. The molecule has 0 saturated carbocycles. The van der Waals surface area contributed by atoms with Crippen molar-refractivity contribution < 1.29 is 14.3 Å². The molecule has 2 atom stereocenters. The highest BCUT2D eigenvalue weighted by Crippen LogP contribution is 2.46. The lowest BCUT2D eigenvalue weighted by Crippen LogP contribution is -2.36. The molecule has 1 saturated heterocycles. The van der Waals surface area contributed by atoms with E-state index >= 15 is 0 Å². The fourth-order valence-corrected chi connectivity index (χ4v) is 3.88. The third-order valence-electron chi connectivity index (χ3n) is 3.73. The van der Waals surface area contributed by atoms with Crippen LogP contribution in [0.5, 0.6) is 11.5 Å². The second-order valence-electron chi connectivity index (χ2n) is 5.12. The maximum Gasteiger partial charge on any atom is 0.236 e.